The zero-order valence-corrected chi connectivity index (χ0v) is 10.5. The molecule has 82 valence electrons. The first kappa shape index (κ1) is 12.2. The lowest BCUT2D eigenvalue weighted by Gasteiger charge is -2.11. The second-order valence-corrected chi connectivity index (χ2v) is 4.54. The molecular weight excluding hydrogens is 261 g/mol. The summed E-state index contributed by atoms with van der Waals surface area (Å²) in [6, 6.07) is 3.03. The predicted octanol–water partition coefficient (Wildman–Crippen LogP) is 3.67. The third-order valence-electron chi connectivity index (χ3n) is 2.02. The van der Waals surface area contributed by atoms with Crippen LogP contribution in [0.5, 0.6) is 0 Å². The van der Waals surface area contributed by atoms with E-state index in [4.69, 9.17) is 0 Å². The molecule has 0 bridgehead atoms. The second kappa shape index (κ2) is 4.75. The summed E-state index contributed by atoms with van der Waals surface area (Å²) in [4.78, 5) is 10.8. The quantitative estimate of drug-likeness (QED) is 0.875. The van der Waals surface area contributed by atoms with Crippen molar-refractivity contribution < 1.29 is 9.18 Å². The molecule has 0 saturated heterocycles. The van der Waals surface area contributed by atoms with Crippen molar-refractivity contribution in [3.8, 4) is 0 Å². The Morgan fingerprint density at radius 3 is 2.53 bits per heavy atom. The second-order valence-electron chi connectivity index (χ2n) is 3.69. The maximum absolute atomic E-state index is 13.6. The molecule has 1 aromatic rings. The molecule has 0 aliphatic carbocycles. The van der Waals surface area contributed by atoms with Crippen molar-refractivity contribution in [2.75, 3.05) is 5.32 Å². The van der Waals surface area contributed by atoms with E-state index < -0.39 is 0 Å². The van der Waals surface area contributed by atoms with Crippen LogP contribution in [-0.2, 0) is 4.79 Å². The maximum atomic E-state index is 13.6. The Balaban J connectivity index is 3.13. The lowest BCUT2D eigenvalue weighted by molar-refractivity contribution is -0.114. The van der Waals surface area contributed by atoms with Gasteiger partial charge >= 0.3 is 0 Å². The van der Waals surface area contributed by atoms with Gasteiger partial charge < -0.3 is 5.32 Å². The van der Waals surface area contributed by atoms with E-state index in [2.05, 4.69) is 21.2 Å². The Bertz CT molecular complexity index is 390. The molecule has 0 unspecified atom stereocenters. The van der Waals surface area contributed by atoms with E-state index in [0.717, 1.165) is 0 Å². The molecule has 0 spiro atoms. The van der Waals surface area contributed by atoms with Crippen molar-refractivity contribution in [2.45, 2.75) is 26.7 Å². The maximum Gasteiger partial charge on any atom is 0.221 e. The van der Waals surface area contributed by atoms with E-state index in [1.165, 1.54) is 13.0 Å². The van der Waals surface area contributed by atoms with E-state index in [0.29, 0.717) is 15.7 Å². The van der Waals surface area contributed by atoms with Gasteiger partial charge in [-0.15, -0.1) is 0 Å². The first-order valence-electron chi connectivity index (χ1n) is 4.68. The van der Waals surface area contributed by atoms with Gasteiger partial charge in [0.25, 0.3) is 0 Å². The topological polar surface area (TPSA) is 29.1 Å². The third kappa shape index (κ3) is 3.02. The van der Waals surface area contributed by atoms with Gasteiger partial charge in [-0.3, -0.25) is 4.79 Å². The highest BCUT2D eigenvalue weighted by molar-refractivity contribution is 9.10. The number of hydrogen-bond acceptors (Lipinski definition) is 1. The molecule has 0 radical (unpaired) electrons. The summed E-state index contributed by atoms with van der Waals surface area (Å²) >= 11 is 3.30. The summed E-state index contributed by atoms with van der Waals surface area (Å²) in [6.45, 7) is 5.23. The number of carbonyl (C=O) groups excluding carboxylic acids is 1. The summed E-state index contributed by atoms with van der Waals surface area (Å²) in [7, 11) is 0. The number of benzene rings is 1. The fraction of sp³-hybridized carbons (Fsp3) is 0.364. The van der Waals surface area contributed by atoms with Crippen molar-refractivity contribution >= 4 is 27.5 Å². The molecule has 4 heteroatoms. The molecule has 0 heterocycles. The lowest BCUT2D eigenvalue weighted by Crippen LogP contribution is -2.07. The van der Waals surface area contributed by atoms with Crippen molar-refractivity contribution in [3.63, 3.8) is 0 Å². The van der Waals surface area contributed by atoms with Gasteiger partial charge in [0, 0.05) is 11.4 Å². The van der Waals surface area contributed by atoms with Crippen LogP contribution in [0.1, 0.15) is 32.3 Å². The van der Waals surface area contributed by atoms with Crippen LogP contribution in [0, 0.1) is 5.82 Å². The van der Waals surface area contributed by atoms with Crippen LogP contribution in [0.4, 0.5) is 10.1 Å². The van der Waals surface area contributed by atoms with Gasteiger partial charge in [-0.25, -0.2) is 4.39 Å². The van der Waals surface area contributed by atoms with Crippen molar-refractivity contribution in [2.24, 2.45) is 0 Å². The number of amides is 1. The number of carbonyl (C=O) groups is 1. The minimum absolute atomic E-state index is 0.118. The van der Waals surface area contributed by atoms with E-state index in [1.807, 2.05) is 13.8 Å². The molecule has 0 fully saturated rings. The molecule has 0 atom stereocenters. The number of nitrogens with one attached hydrogen (secondary N) is 1. The van der Waals surface area contributed by atoms with E-state index in [9.17, 15) is 9.18 Å². The van der Waals surface area contributed by atoms with Gasteiger partial charge in [-0.2, -0.15) is 0 Å². The highest BCUT2D eigenvalue weighted by Crippen LogP contribution is 2.29. The molecule has 1 rings (SSSR count). The minimum Gasteiger partial charge on any atom is -0.325 e. The standard InChI is InChI=1S/C11H13BrFNO/c1-6(2)8-4-9(12)11(5-10(8)13)14-7(3)15/h4-6H,1-3H3,(H,14,15). The fourth-order valence-corrected chi connectivity index (χ4v) is 1.75. The average Bonchev–Trinajstić information content (AvgIpc) is 2.09. The highest BCUT2D eigenvalue weighted by atomic mass is 79.9. The van der Waals surface area contributed by atoms with E-state index in [-0.39, 0.29) is 17.6 Å². The fourth-order valence-electron chi connectivity index (χ4n) is 1.29. The Morgan fingerprint density at radius 2 is 2.07 bits per heavy atom. The summed E-state index contributed by atoms with van der Waals surface area (Å²) in [5, 5.41) is 2.55. The number of halogens is 2. The molecule has 0 aliphatic rings. The summed E-state index contributed by atoms with van der Waals surface area (Å²) in [5.74, 6) is -0.392. The molecule has 0 aromatic heterocycles. The minimum atomic E-state index is -0.294. The van der Waals surface area contributed by atoms with Crippen molar-refractivity contribution in [1.29, 1.82) is 0 Å². The number of anilines is 1. The Kier molecular flexibility index (Phi) is 3.85. The number of hydrogen-bond donors (Lipinski definition) is 1. The molecular formula is C11H13BrFNO. The number of rotatable bonds is 2. The smallest absolute Gasteiger partial charge is 0.221 e. The average molecular weight is 274 g/mol. The highest BCUT2D eigenvalue weighted by Gasteiger charge is 2.11. The predicted molar refractivity (Wildman–Crippen MR) is 62.5 cm³/mol. The monoisotopic (exact) mass is 273 g/mol. The summed E-state index contributed by atoms with van der Waals surface area (Å²) in [5.41, 5.74) is 1.10. The normalized spacial score (nSPS) is 10.5. The molecule has 1 aromatic carbocycles. The molecule has 0 saturated carbocycles. The van der Waals surface area contributed by atoms with Gasteiger partial charge in [0.15, 0.2) is 0 Å². The zero-order chi connectivity index (χ0) is 11.6. The van der Waals surface area contributed by atoms with E-state index in [1.54, 1.807) is 6.07 Å². The van der Waals surface area contributed by atoms with Gasteiger partial charge in [0.2, 0.25) is 5.91 Å². The SMILES string of the molecule is CC(=O)Nc1cc(F)c(C(C)C)cc1Br. The summed E-state index contributed by atoms with van der Waals surface area (Å²) in [6.07, 6.45) is 0. The third-order valence-corrected chi connectivity index (χ3v) is 2.68. The van der Waals surface area contributed by atoms with Gasteiger partial charge in [0.05, 0.1) is 5.69 Å². The van der Waals surface area contributed by atoms with Gasteiger partial charge in [-0.1, -0.05) is 13.8 Å². The van der Waals surface area contributed by atoms with Crippen LogP contribution in [0.15, 0.2) is 16.6 Å². The Hall–Kier alpha value is -0.900. The van der Waals surface area contributed by atoms with Crippen LogP contribution >= 0.6 is 15.9 Å². The molecule has 0 aliphatic heterocycles. The largest absolute Gasteiger partial charge is 0.325 e. The zero-order valence-electron chi connectivity index (χ0n) is 8.90. The van der Waals surface area contributed by atoms with Crippen LogP contribution in [-0.4, -0.2) is 5.91 Å². The van der Waals surface area contributed by atoms with Crippen LogP contribution in [0.3, 0.4) is 0 Å². The van der Waals surface area contributed by atoms with Crippen LogP contribution in [0.2, 0.25) is 0 Å². The van der Waals surface area contributed by atoms with Gasteiger partial charge in [0.1, 0.15) is 5.82 Å². The van der Waals surface area contributed by atoms with E-state index >= 15 is 0 Å². The van der Waals surface area contributed by atoms with Crippen molar-refractivity contribution in [1.82, 2.24) is 0 Å². The Morgan fingerprint density at radius 1 is 1.47 bits per heavy atom. The first-order chi connectivity index (χ1) is 6.91. The van der Waals surface area contributed by atoms with Gasteiger partial charge in [-0.05, 0) is 39.5 Å². The first-order valence-corrected chi connectivity index (χ1v) is 5.47. The molecule has 1 N–H and O–H groups in total. The molecule has 2 nitrogen and oxygen atoms in total. The summed E-state index contributed by atoms with van der Waals surface area (Å²) < 4.78 is 14.3. The van der Waals surface area contributed by atoms with Crippen LogP contribution in [0.25, 0.3) is 0 Å². The van der Waals surface area contributed by atoms with Crippen LogP contribution < -0.4 is 5.32 Å². The molecule has 15 heavy (non-hydrogen) atoms. The van der Waals surface area contributed by atoms with Crippen molar-refractivity contribution in [3.05, 3.63) is 28.0 Å². The molecule has 1 amide bonds. The lowest BCUT2D eigenvalue weighted by atomic mass is 10.0. The Labute approximate surface area is 97.0 Å².